The summed E-state index contributed by atoms with van der Waals surface area (Å²) < 4.78 is 29.5. The quantitative estimate of drug-likeness (QED) is 0.924. The molecule has 2 heterocycles. The zero-order valence-electron chi connectivity index (χ0n) is 11.7. The Morgan fingerprint density at radius 1 is 1.19 bits per heavy atom. The summed E-state index contributed by atoms with van der Waals surface area (Å²) in [4.78, 5) is 0. The molecule has 1 aliphatic heterocycles. The first-order valence-electron chi connectivity index (χ1n) is 7.27. The van der Waals surface area contributed by atoms with Gasteiger partial charge in [-0.15, -0.1) is 10.2 Å². The van der Waals surface area contributed by atoms with Gasteiger partial charge < -0.3 is 9.88 Å². The third-order valence-corrected chi connectivity index (χ3v) is 4.34. The standard InChI is InChI=1S/C15H16F2N4/c1-8-6-10(12(17)7-11(8)16)14-19-20-15-13(9-2-3-9)18-4-5-21(14)15/h6-7,9,13,18H,2-5H2,1H3. The van der Waals surface area contributed by atoms with Crippen LogP contribution in [0.5, 0.6) is 0 Å². The average Bonchev–Trinajstić information content (AvgIpc) is 3.22. The Hall–Kier alpha value is -1.82. The summed E-state index contributed by atoms with van der Waals surface area (Å²) >= 11 is 0. The molecule has 4 rings (SSSR count). The summed E-state index contributed by atoms with van der Waals surface area (Å²) in [6, 6.07) is 2.65. The van der Waals surface area contributed by atoms with Crippen LogP contribution in [0.3, 0.4) is 0 Å². The lowest BCUT2D eigenvalue weighted by atomic mass is 10.1. The minimum Gasteiger partial charge on any atom is -0.308 e. The average molecular weight is 290 g/mol. The van der Waals surface area contributed by atoms with E-state index >= 15 is 0 Å². The van der Waals surface area contributed by atoms with Crippen LogP contribution >= 0.6 is 0 Å². The molecule has 2 aliphatic rings. The molecule has 1 aliphatic carbocycles. The summed E-state index contributed by atoms with van der Waals surface area (Å²) in [6.45, 7) is 3.15. The van der Waals surface area contributed by atoms with E-state index < -0.39 is 11.6 Å². The Kier molecular flexibility index (Phi) is 2.82. The predicted octanol–water partition coefficient (Wildman–Crippen LogP) is 2.59. The fraction of sp³-hybridized carbons (Fsp3) is 0.467. The van der Waals surface area contributed by atoms with Crippen molar-refractivity contribution in [1.29, 1.82) is 0 Å². The van der Waals surface area contributed by atoms with Crippen LogP contribution < -0.4 is 5.32 Å². The van der Waals surface area contributed by atoms with Crippen LogP contribution in [-0.2, 0) is 6.54 Å². The lowest BCUT2D eigenvalue weighted by Gasteiger charge is -2.25. The molecule has 1 atom stereocenters. The van der Waals surface area contributed by atoms with E-state index in [0.717, 1.165) is 18.4 Å². The summed E-state index contributed by atoms with van der Waals surface area (Å²) in [7, 11) is 0. The smallest absolute Gasteiger partial charge is 0.167 e. The number of rotatable bonds is 2. The van der Waals surface area contributed by atoms with Crippen molar-refractivity contribution in [1.82, 2.24) is 20.1 Å². The second-order valence-corrected chi connectivity index (χ2v) is 5.88. The summed E-state index contributed by atoms with van der Waals surface area (Å²) in [5, 5.41) is 11.9. The van der Waals surface area contributed by atoms with E-state index in [2.05, 4.69) is 15.5 Å². The zero-order valence-corrected chi connectivity index (χ0v) is 11.7. The molecule has 0 saturated heterocycles. The maximum Gasteiger partial charge on any atom is 0.167 e. The molecule has 1 unspecified atom stereocenters. The van der Waals surface area contributed by atoms with Crippen LogP contribution in [0.4, 0.5) is 8.78 Å². The number of aryl methyl sites for hydroxylation is 1. The number of nitrogens with zero attached hydrogens (tertiary/aromatic N) is 3. The Balaban J connectivity index is 1.82. The zero-order chi connectivity index (χ0) is 14.6. The van der Waals surface area contributed by atoms with E-state index in [1.54, 1.807) is 6.92 Å². The molecule has 1 aromatic heterocycles. The molecular weight excluding hydrogens is 274 g/mol. The largest absolute Gasteiger partial charge is 0.308 e. The molecule has 1 saturated carbocycles. The predicted molar refractivity (Wildman–Crippen MR) is 73.6 cm³/mol. The van der Waals surface area contributed by atoms with Crippen LogP contribution in [0.2, 0.25) is 0 Å². The van der Waals surface area contributed by atoms with Crippen molar-refractivity contribution in [3.8, 4) is 11.4 Å². The number of benzene rings is 1. The van der Waals surface area contributed by atoms with E-state index in [1.165, 1.54) is 18.9 Å². The van der Waals surface area contributed by atoms with Gasteiger partial charge >= 0.3 is 0 Å². The SMILES string of the molecule is Cc1cc(-c2nnc3n2CCNC3C2CC2)c(F)cc1F. The molecule has 110 valence electrons. The van der Waals surface area contributed by atoms with Gasteiger partial charge in [0.15, 0.2) is 11.6 Å². The molecular formula is C15H16F2N4. The Morgan fingerprint density at radius 3 is 2.76 bits per heavy atom. The topological polar surface area (TPSA) is 42.7 Å². The number of hydrogen-bond acceptors (Lipinski definition) is 3. The van der Waals surface area contributed by atoms with E-state index in [-0.39, 0.29) is 6.04 Å². The highest BCUT2D eigenvalue weighted by Gasteiger charge is 2.37. The number of aromatic nitrogens is 3. The molecule has 0 bridgehead atoms. The van der Waals surface area contributed by atoms with Gasteiger partial charge in [-0.25, -0.2) is 8.78 Å². The van der Waals surface area contributed by atoms with Crippen LogP contribution in [0, 0.1) is 24.5 Å². The summed E-state index contributed by atoms with van der Waals surface area (Å²) in [5.74, 6) is 0.862. The first-order chi connectivity index (χ1) is 10.1. The van der Waals surface area contributed by atoms with Crippen LogP contribution in [0.25, 0.3) is 11.4 Å². The molecule has 2 aromatic rings. The van der Waals surface area contributed by atoms with Crippen molar-refractivity contribution in [2.75, 3.05) is 6.54 Å². The van der Waals surface area contributed by atoms with E-state index in [4.69, 9.17) is 0 Å². The van der Waals surface area contributed by atoms with Crippen molar-refractivity contribution in [2.45, 2.75) is 32.4 Å². The fourth-order valence-electron chi connectivity index (χ4n) is 3.02. The molecule has 1 N–H and O–H groups in total. The van der Waals surface area contributed by atoms with Crippen molar-refractivity contribution in [3.63, 3.8) is 0 Å². The molecule has 0 amide bonds. The molecule has 21 heavy (non-hydrogen) atoms. The maximum absolute atomic E-state index is 14.1. The van der Waals surface area contributed by atoms with Gasteiger partial charge in [0.1, 0.15) is 11.6 Å². The summed E-state index contributed by atoms with van der Waals surface area (Å²) in [6.07, 6.45) is 2.40. The lowest BCUT2D eigenvalue weighted by molar-refractivity contribution is 0.382. The van der Waals surface area contributed by atoms with E-state index in [1.807, 2.05) is 4.57 Å². The fourth-order valence-corrected chi connectivity index (χ4v) is 3.02. The molecule has 1 aromatic carbocycles. The number of fused-ring (bicyclic) bond motifs is 1. The third kappa shape index (κ3) is 2.05. The lowest BCUT2D eigenvalue weighted by Crippen LogP contribution is -2.35. The second kappa shape index (κ2) is 4.59. The first kappa shape index (κ1) is 12.9. The first-order valence-corrected chi connectivity index (χ1v) is 7.27. The van der Waals surface area contributed by atoms with Gasteiger partial charge in [-0.2, -0.15) is 0 Å². The van der Waals surface area contributed by atoms with Crippen molar-refractivity contribution in [2.24, 2.45) is 5.92 Å². The van der Waals surface area contributed by atoms with Crippen molar-refractivity contribution >= 4 is 0 Å². The van der Waals surface area contributed by atoms with Gasteiger partial charge in [0, 0.05) is 19.2 Å². The third-order valence-electron chi connectivity index (χ3n) is 4.34. The van der Waals surface area contributed by atoms with Crippen LogP contribution in [0.15, 0.2) is 12.1 Å². The molecule has 1 fully saturated rings. The Morgan fingerprint density at radius 2 is 2.00 bits per heavy atom. The summed E-state index contributed by atoms with van der Waals surface area (Å²) in [5.41, 5.74) is 0.737. The second-order valence-electron chi connectivity index (χ2n) is 5.88. The minimum absolute atomic E-state index is 0.213. The highest BCUT2D eigenvalue weighted by atomic mass is 19.1. The maximum atomic E-state index is 14.1. The van der Waals surface area contributed by atoms with Gasteiger partial charge in [0.25, 0.3) is 0 Å². The van der Waals surface area contributed by atoms with E-state index in [9.17, 15) is 8.78 Å². The van der Waals surface area contributed by atoms with Gasteiger partial charge in [-0.05, 0) is 37.3 Å². The van der Waals surface area contributed by atoms with Crippen LogP contribution in [-0.4, -0.2) is 21.3 Å². The number of halogens is 2. The van der Waals surface area contributed by atoms with Gasteiger partial charge in [0.05, 0.1) is 11.6 Å². The van der Waals surface area contributed by atoms with Crippen LogP contribution in [0.1, 0.15) is 30.3 Å². The van der Waals surface area contributed by atoms with Gasteiger partial charge in [0.2, 0.25) is 0 Å². The normalized spacial score (nSPS) is 21.4. The monoisotopic (exact) mass is 290 g/mol. The highest BCUT2D eigenvalue weighted by molar-refractivity contribution is 5.58. The number of hydrogen-bond donors (Lipinski definition) is 1. The number of nitrogens with one attached hydrogen (secondary N) is 1. The Bertz CT molecular complexity index is 706. The molecule has 4 nitrogen and oxygen atoms in total. The van der Waals surface area contributed by atoms with Crippen molar-refractivity contribution in [3.05, 3.63) is 35.2 Å². The Labute approximate surface area is 121 Å². The van der Waals surface area contributed by atoms with E-state index in [0.29, 0.717) is 29.4 Å². The molecule has 6 heteroatoms. The van der Waals surface area contributed by atoms with Crippen molar-refractivity contribution < 1.29 is 8.78 Å². The molecule has 0 radical (unpaired) electrons. The van der Waals surface area contributed by atoms with Gasteiger partial charge in [-0.1, -0.05) is 0 Å². The molecule has 0 spiro atoms. The highest BCUT2D eigenvalue weighted by Crippen LogP contribution is 2.42. The minimum atomic E-state index is -0.588. The van der Waals surface area contributed by atoms with Gasteiger partial charge in [-0.3, -0.25) is 0 Å².